The van der Waals surface area contributed by atoms with Crippen molar-refractivity contribution in [3.8, 4) is 0 Å². The molecule has 110 valence electrons. The fourth-order valence-corrected chi connectivity index (χ4v) is 3.06. The standard InChI is InChI=1S/C15H19Br2NO2/c1-15(2)10-18(9-13(8-16)20-15)14(19)7-11-3-5-12(17)6-4-11/h3-6,13H,7-10H2,1-2H3. The highest BCUT2D eigenvalue weighted by Crippen LogP contribution is 2.23. The summed E-state index contributed by atoms with van der Waals surface area (Å²) in [6, 6.07) is 7.89. The van der Waals surface area contributed by atoms with Crippen LogP contribution in [0.2, 0.25) is 0 Å². The first kappa shape index (κ1) is 16.0. The second kappa shape index (κ2) is 6.58. The third kappa shape index (κ3) is 4.30. The van der Waals surface area contributed by atoms with Gasteiger partial charge in [-0.1, -0.05) is 44.0 Å². The molecule has 2 rings (SSSR count). The van der Waals surface area contributed by atoms with Gasteiger partial charge in [0.15, 0.2) is 0 Å². The summed E-state index contributed by atoms with van der Waals surface area (Å²) in [4.78, 5) is 14.4. The fraction of sp³-hybridized carbons (Fsp3) is 0.533. The van der Waals surface area contributed by atoms with Crippen LogP contribution in [-0.2, 0) is 16.0 Å². The second-order valence-electron chi connectivity index (χ2n) is 5.73. The molecule has 1 aliphatic rings. The first-order chi connectivity index (χ1) is 9.39. The van der Waals surface area contributed by atoms with E-state index in [1.807, 2.05) is 43.0 Å². The van der Waals surface area contributed by atoms with Gasteiger partial charge in [-0.3, -0.25) is 4.79 Å². The summed E-state index contributed by atoms with van der Waals surface area (Å²) in [5, 5.41) is 0.749. The van der Waals surface area contributed by atoms with Gasteiger partial charge in [-0.15, -0.1) is 0 Å². The van der Waals surface area contributed by atoms with Crippen LogP contribution in [0.5, 0.6) is 0 Å². The van der Waals surface area contributed by atoms with E-state index in [-0.39, 0.29) is 17.6 Å². The average molecular weight is 405 g/mol. The van der Waals surface area contributed by atoms with Gasteiger partial charge >= 0.3 is 0 Å². The highest BCUT2D eigenvalue weighted by Gasteiger charge is 2.34. The molecule has 1 saturated heterocycles. The molecule has 0 bridgehead atoms. The molecular weight excluding hydrogens is 386 g/mol. The molecule has 1 amide bonds. The fourth-order valence-electron chi connectivity index (χ4n) is 2.45. The van der Waals surface area contributed by atoms with Crippen LogP contribution in [0.15, 0.2) is 28.7 Å². The van der Waals surface area contributed by atoms with Crippen molar-refractivity contribution in [2.24, 2.45) is 0 Å². The van der Waals surface area contributed by atoms with Gasteiger partial charge in [-0.25, -0.2) is 0 Å². The van der Waals surface area contributed by atoms with Crippen LogP contribution in [0.25, 0.3) is 0 Å². The van der Waals surface area contributed by atoms with Crippen LogP contribution in [0.3, 0.4) is 0 Å². The number of amides is 1. The van der Waals surface area contributed by atoms with Crippen LogP contribution >= 0.6 is 31.9 Å². The lowest BCUT2D eigenvalue weighted by atomic mass is 10.0. The van der Waals surface area contributed by atoms with Gasteiger partial charge in [-0.05, 0) is 31.5 Å². The molecule has 1 heterocycles. The molecule has 1 unspecified atom stereocenters. The number of ether oxygens (including phenoxy) is 1. The predicted octanol–water partition coefficient (Wildman–Crippen LogP) is 3.39. The van der Waals surface area contributed by atoms with Gasteiger partial charge in [0.25, 0.3) is 0 Å². The Kier molecular flexibility index (Phi) is 5.26. The lowest BCUT2D eigenvalue weighted by Gasteiger charge is -2.42. The molecule has 0 radical (unpaired) electrons. The number of hydrogen-bond acceptors (Lipinski definition) is 2. The van der Waals surface area contributed by atoms with Gasteiger partial charge in [0.1, 0.15) is 0 Å². The number of hydrogen-bond donors (Lipinski definition) is 0. The number of carbonyl (C=O) groups is 1. The third-order valence-electron chi connectivity index (χ3n) is 3.27. The Hall–Kier alpha value is -0.390. The van der Waals surface area contributed by atoms with Crippen molar-refractivity contribution in [2.45, 2.75) is 32.0 Å². The molecule has 0 saturated carbocycles. The molecule has 1 atom stereocenters. The minimum Gasteiger partial charge on any atom is -0.368 e. The molecule has 0 aliphatic carbocycles. The van der Waals surface area contributed by atoms with Crippen LogP contribution < -0.4 is 0 Å². The minimum absolute atomic E-state index is 0.0626. The molecule has 20 heavy (non-hydrogen) atoms. The Labute approximate surface area is 136 Å². The zero-order valence-corrected chi connectivity index (χ0v) is 14.9. The van der Waals surface area contributed by atoms with E-state index in [2.05, 4.69) is 31.9 Å². The topological polar surface area (TPSA) is 29.5 Å². The van der Waals surface area contributed by atoms with E-state index in [1.165, 1.54) is 0 Å². The third-order valence-corrected chi connectivity index (χ3v) is 4.53. The number of rotatable bonds is 3. The second-order valence-corrected chi connectivity index (χ2v) is 7.29. The molecule has 3 nitrogen and oxygen atoms in total. The van der Waals surface area contributed by atoms with Crippen molar-refractivity contribution in [3.63, 3.8) is 0 Å². The van der Waals surface area contributed by atoms with E-state index in [0.717, 1.165) is 15.4 Å². The van der Waals surface area contributed by atoms with E-state index >= 15 is 0 Å². The quantitative estimate of drug-likeness (QED) is 0.722. The predicted molar refractivity (Wildman–Crippen MR) is 87.2 cm³/mol. The Morgan fingerprint density at radius 3 is 2.65 bits per heavy atom. The van der Waals surface area contributed by atoms with E-state index in [4.69, 9.17) is 4.74 Å². The van der Waals surface area contributed by atoms with E-state index in [9.17, 15) is 4.79 Å². The molecule has 5 heteroatoms. The van der Waals surface area contributed by atoms with Crippen molar-refractivity contribution in [1.82, 2.24) is 4.90 Å². The zero-order valence-electron chi connectivity index (χ0n) is 11.7. The maximum atomic E-state index is 12.4. The summed E-state index contributed by atoms with van der Waals surface area (Å²) in [5.74, 6) is 0.162. The summed E-state index contributed by atoms with van der Waals surface area (Å²) in [7, 11) is 0. The van der Waals surface area contributed by atoms with Gasteiger partial charge in [0, 0.05) is 22.9 Å². The first-order valence-corrected chi connectivity index (χ1v) is 8.57. The van der Waals surface area contributed by atoms with E-state index in [1.54, 1.807) is 0 Å². The molecule has 0 aromatic heterocycles. The summed E-state index contributed by atoms with van der Waals surface area (Å²) in [6.07, 6.45) is 0.505. The SMILES string of the molecule is CC1(C)CN(C(=O)Cc2ccc(Br)cc2)CC(CBr)O1. The molecule has 0 N–H and O–H groups in total. The number of halogens is 2. The molecule has 0 spiro atoms. The maximum Gasteiger partial charge on any atom is 0.227 e. The Bertz CT molecular complexity index is 473. The van der Waals surface area contributed by atoms with E-state index < -0.39 is 0 Å². The van der Waals surface area contributed by atoms with Crippen LogP contribution in [0.1, 0.15) is 19.4 Å². The normalized spacial score (nSPS) is 21.8. The molecule has 1 fully saturated rings. The largest absolute Gasteiger partial charge is 0.368 e. The maximum absolute atomic E-state index is 12.4. The first-order valence-electron chi connectivity index (χ1n) is 6.65. The summed E-state index contributed by atoms with van der Waals surface area (Å²) in [5.41, 5.74) is 0.754. The zero-order chi connectivity index (χ0) is 14.8. The highest BCUT2D eigenvalue weighted by atomic mass is 79.9. The van der Waals surface area contributed by atoms with Gasteiger partial charge in [0.2, 0.25) is 5.91 Å². The Morgan fingerprint density at radius 2 is 2.05 bits per heavy atom. The van der Waals surface area contributed by atoms with Crippen molar-refractivity contribution >= 4 is 37.8 Å². The van der Waals surface area contributed by atoms with Crippen LogP contribution in [-0.4, -0.2) is 40.9 Å². The summed E-state index contributed by atoms with van der Waals surface area (Å²) < 4.78 is 6.95. The van der Waals surface area contributed by atoms with Gasteiger partial charge in [0.05, 0.1) is 18.1 Å². The minimum atomic E-state index is -0.286. The molecule has 1 aromatic rings. The number of alkyl halides is 1. The van der Waals surface area contributed by atoms with Crippen LogP contribution in [0, 0.1) is 0 Å². The van der Waals surface area contributed by atoms with Crippen molar-refractivity contribution in [3.05, 3.63) is 34.3 Å². The van der Waals surface area contributed by atoms with Gasteiger partial charge in [-0.2, -0.15) is 0 Å². The molecule has 1 aromatic carbocycles. The molecular formula is C15H19Br2NO2. The number of nitrogens with zero attached hydrogens (tertiary/aromatic N) is 1. The smallest absolute Gasteiger partial charge is 0.227 e. The van der Waals surface area contributed by atoms with E-state index in [0.29, 0.717) is 19.5 Å². The average Bonchev–Trinajstić information content (AvgIpc) is 2.39. The number of morpholine rings is 1. The molecule has 1 aliphatic heterocycles. The number of carbonyl (C=O) groups excluding carboxylic acids is 1. The van der Waals surface area contributed by atoms with Crippen molar-refractivity contribution < 1.29 is 9.53 Å². The van der Waals surface area contributed by atoms with Crippen molar-refractivity contribution in [2.75, 3.05) is 18.4 Å². The van der Waals surface area contributed by atoms with Crippen molar-refractivity contribution in [1.29, 1.82) is 0 Å². The lowest BCUT2D eigenvalue weighted by Crippen LogP contribution is -2.55. The highest BCUT2D eigenvalue weighted by molar-refractivity contribution is 9.10. The summed E-state index contributed by atoms with van der Waals surface area (Å²) >= 11 is 6.85. The Balaban J connectivity index is 2.02. The Morgan fingerprint density at radius 1 is 1.40 bits per heavy atom. The van der Waals surface area contributed by atoms with Gasteiger partial charge < -0.3 is 9.64 Å². The summed E-state index contributed by atoms with van der Waals surface area (Å²) in [6.45, 7) is 5.36. The van der Waals surface area contributed by atoms with Crippen LogP contribution in [0.4, 0.5) is 0 Å². The number of benzene rings is 1. The lowest BCUT2D eigenvalue weighted by molar-refractivity contribution is -0.156. The monoisotopic (exact) mass is 403 g/mol.